The van der Waals surface area contributed by atoms with Crippen LogP contribution in [0.25, 0.3) is 0 Å². The van der Waals surface area contributed by atoms with E-state index in [-0.39, 0.29) is 17.7 Å². The summed E-state index contributed by atoms with van der Waals surface area (Å²) in [6.45, 7) is 0. The van der Waals surface area contributed by atoms with Crippen molar-refractivity contribution in [2.75, 3.05) is 12.0 Å². The second-order valence-electron chi connectivity index (χ2n) is 4.05. The molecule has 18 heavy (non-hydrogen) atoms. The topological polar surface area (TPSA) is 77.2 Å². The summed E-state index contributed by atoms with van der Waals surface area (Å²) in [6, 6.07) is 1.27. The number of sulfone groups is 1. The van der Waals surface area contributed by atoms with E-state index in [1.165, 1.54) is 0 Å². The molecule has 0 aliphatic heterocycles. The van der Waals surface area contributed by atoms with E-state index in [2.05, 4.69) is 0 Å². The SMILES string of the molecule is CS(=O)(=O)CCC(N)C(=O)c1cc(F)cc(F)c1. The predicted molar refractivity (Wildman–Crippen MR) is 63.0 cm³/mol. The first-order valence-electron chi connectivity index (χ1n) is 5.12. The van der Waals surface area contributed by atoms with Crippen LogP contribution in [0, 0.1) is 11.6 Å². The third-order valence-electron chi connectivity index (χ3n) is 2.28. The molecule has 0 heterocycles. The van der Waals surface area contributed by atoms with Gasteiger partial charge in [0, 0.05) is 17.9 Å². The molecule has 1 rings (SSSR count). The molecule has 1 unspecified atom stereocenters. The summed E-state index contributed by atoms with van der Waals surface area (Å²) in [5.74, 6) is -2.70. The van der Waals surface area contributed by atoms with Crippen molar-refractivity contribution in [3.05, 3.63) is 35.4 Å². The molecule has 0 bridgehead atoms. The molecule has 0 spiro atoms. The third kappa shape index (κ3) is 4.50. The maximum atomic E-state index is 12.9. The van der Waals surface area contributed by atoms with Crippen LogP contribution in [0.1, 0.15) is 16.8 Å². The average molecular weight is 277 g/mol. The molecular weight excluding hydrogens is 264 g/mol. The van der Waals surface area contributed by atoms with Crippen LogP contribution in [0.5, 0.6) is 0 Å². The van der Waals surface area contributed by atoms with Crippen molar-refractivity contribution < 1.29 is 22.0 Å². The fourth-order valence-electron chi connectivity index (χ4n) is 1.38. The number of Topliss-reactive ketones (excluding diaryl/α,β-unsaturated/α-hetero) is 1. The quantitative estimate of drug-likeness (QED) is 0.811. The number of hydrogen-bond donors (Lipinski definition) is 1. The van der Waals surface area contributed by atoms with Gasteiger partial charge in [-0.05, 0) is 18.6 Å². The molecule has 1 aromatic carbocycles. The van der Waals surface area contributed by atoms with Gasteiger partial charge in [-0.15, -0.1) is 0 Å². The Morgan fingerprint density at radius 2 is 1.78 bits per heavy atom. The number of rotatable bonds is 5. The highest BCUT2D eigenvalue weighted by Gasteiger charge is 2.19. The smallest absolute Gasteiger partial charge is 0.179 e. The van der Waals surface area contributed by atoms with E-state index < -0.39 is 33.3 Å². The van der Waals surface area contributed by atoms with Crippen molar-refractivity contribution in [2.24, 2.45) is 5.73 Å². The molecule has 0 saturated carbocycles. The van der Waals surface area contributed by atoms with Crippen molar-refractivity contribution >= 4 is 15.6 Å². The summed E-state index contributed by atoms with van der Waals surface area (Å²) in [5.41, 5.74) is 5.30. The Morgan fingerprint density at radius 1 is 1.28 bits per heavy atom. The minimum absolute atomic E-state index is 0.0875. The van der Waals surface area contributed by atoms with Gasteiger partial charge in [0.15, 0.2) is 5.78 Å². The minimum atomic E-state index is -3.23. The van der Waals surface area contributed by atoms with Crippen molar-refractivity contribution in [3.63, 3.8) is 0 Å². The van der Waals surface area contributed by atoms with Crippen LogP contribution in [0.3, 0.4) is 0 Å². The Morgan fingerprint density at radius 3 is 2.22 bits per heavy atom. The van der Waals surface area contributed by atoms with Gasteiger partial charge in [0.2, 0.25) is 0 Å². The summed E-state index contributed by atoms with van der Waals surface area (Å²) in [4.78, 5) is 11.7. The first-order valence-corrected chi connectivity index (χ1v) is 7.19. The van der Waals surface area contributed by atoms with Crippen molar-refractivity contribution in [2.45, 2.75) is 12.5 Å². The van der Waals surface area contributed by atoms with Crippen LogP contribution in [-0.4, -0.2) is 32.3 Å². The molecule has 0 aromatic heterocycles. The number of carbonyl (C=O) groups is 1. The zero-order valence-electron chi connectivity index (χ0n) is 9.69. The van der Waals surface area contributed by atoms with Crippen LogP contribution < -0.4 is 5.73 Å². The van der Waals surface area contributed by atoms with Gasteiger partial charge in [0.05, 0.1) is 11.8 Å². The lowest BCUT2D eigenvalue weighted by molar-refractivity contribution is 0.0959. The standard InChI is InChI=1S/C11H13F2NO3S/c1-18(16,17)3-2-10(14)11(15)7-4-8(12)6-9(13)5-7/h4-6,10H,2-3,14H2,1H3. The number of ketones is 1. The van der Waals surface area contributed by atoms with Crippen molar-refractivity contribution in [1.82, 2.24) is 0 Å². The number of nitrogens with two attached hydrogens (primary N) is 1. The summed E-state index contributed by atoms with van der Waals surface area (Å²) >= 11 is 0. The van der Waals surface area contributed by atoms with E-state index >= 15 is 0 Å². The number of halogens is 2. The lowest BCUT2D eigenvalue weighted by atomic mass is 10.0. The molecule has 0 radical (unpaired) electrons. The number of carbonyl (C=O) groups excluding carboxylic acids is 1. The van der Waals surface area contributed by atoms with Crippen molar-refractivity contribution in [1.29, 1.82) is 0 Å². The van der Waals surface area contributed by atoms with E-state index in [0.29, 0.717) is 6.07 Å². The monoisotopic (exact) mass is 277 g/mol. The minimum Gasteiger partial charge on any atom is -0.321 e. The Bertz CT molecular complexity index is 537. The van der Waals surface area contributed by atoms with E-state index in [0.717, 1.165) is 18.4 Å². The third-order valence-corrected chi connectivity index (χ3v) is 3.26. The molecule has 4 nitrogen and oxygen atoms in total. The summed E-state index contributed by atoms with van der Waals surface area (Å²) < 4.78 is 47.6. The van der Waals surface area contributed by atoms with Crippen LogP contribution in [0.2, 0.25) is 0 Å². The van der Waals surface area contributed by atoms with Crippen LogP contribution in [-0.2, 0) is 9.84 Å². The fourth-order valence-corrected chi connectivity index (χ4v) is 2.06. The first-order chi connectivity index (χ1) is 8.19. The normalized spacial score (nSPS) is 13.3. The van der Waals surface area contributed by atoms with Crippen molar-refractivity contribution in [3.8, 4) is 0 Å². The maximum Gasteiger partial charge on any atom is 0.179 e. The number of hydrogen-bond acceptors (Lipinski definition) is 4. The molecule has 0 fully saturated rings. The lowest BCUT2D eigenvalue weighted by Gasteiger charge is -2.10. The average Bonchev–Trinajstić information content (AvgIpc) is 2.22. The maximum absolute atomic E-state index is 12.9. The van der Waals surface area contributed by atoms with Gasteiger partial charge in [0.25, 0.3) is 0 Å². The zero-order valence-corrected chi connectivity index (χ0v) is 10.5. The van der Waals surface area contributed by atoms with Crippen LogP contribution >= 0.6 is 0 Å². The Kier molecular flexibility index (Phi) is 4.53. The molecule has 0 amide bonds. The van der Waals surface area contributed by atoms with Gasteiger partial charge in [0.1, 0.15) is 21.5 Å². The second-order valence-corrected chi connectivity index (χ2v) is 6.31. The molecule has 0 aliphatic carbocycles. The Balaban J connectivity index is 2.80. The fraction of sp³-hybridized carbons (Fsp3) is 0.364. The number of benzene rings is 1. The van der Waals surface area contributed by atoms with Gasteiger partial charge in [-0.1, -0.05) is 0 Å². The summed E-state index contributed by atoms with van der Waals surface area (Å²) in [5, 5.41) is 0. The zero-order chi connectivity index (χ0) is 13.9. The second kappa shape index (κ2) is 5.53. The molecule has 1 atom stereocenters. The summed E-state index contributed by atoms with van der Waals surface area (Å²) in [6.07, 6.45) is 0.932. The Labute approximate surface area is 104 Å². The molecule has 7 heteroatoms. The largest absolute Gasteiger partial charge is 0.321 e. The molecule has 1 aromatic rings. The molecule has 100 valence electrons. The highest BCUT2D eigenvalue weighted by molar-refractivity contribution is 7.90. The predicted octanol–water partition coefficient (Wildman–Crippen LogP) is 0.910. The van der Waals surface area contributed by atoms with E-state index in [1.54, 1.807) is 0 Å². The lowest BCUT2D eigenvalue weighted by Crippen LogP contribution is -2.32. The van der Waals surface area contributed by atoms with E-state index in [9.17, 15) is 22.0 Å². The molecule has 0 aliphatic rings. The van der Waals surface area contributed by atoms with Gasteiger partial charge >= 0.3 is 0 Å². The Hall–Kier alpha value is -1.34. The van der Waals surface area contributed by atoms with Gasteiger partial charge < -0.3 is 5.73 Å². The highest BCUT2D eigenvalue weighted by Crippen LogP contribution is 2.11. The molecular formula is C11H13F2NO3S. The molecule has 0 saturated heterocycles. The van der Waals surface area contributed by atoms with E-state index in [1.807, 2.05) is 0 Å². The van der Waals surface area contributed by atoms with Crippen LogP contribution in [0.4, 0.5) is 8.78 Å². The van der Waals surface area contributed by atoms with Crippen LogP contribution in [0.15, 0.2) is 18.2 Å². The van der Waals surface area contributed by atoms with Gasteiger partial charge in [-0.2, -0.15) is 0 Å². The van der Waals surface area contributed by atoms with E-state index in [4.69, 9.17) is 5.73 Å². The van der Waals surface area contributed by atoms with Gasteiger partial charge in [-0.25, -0.2) is 17.2 Å². The van der Waals surface area contributed by atoms with Gasteiger partial charge in [-0.3, -0.25) is 4.79 Å². The molecule has 2 N–H and O–H groups in total. The summed E-state index contributed by atoms with van der Waals surface area (Å²) in [7, 11) is -3.23. The highest BCUT2D eigenvalue weighted by atomic mass is 32.2. The first kappa shape index (κ1) is 14.7.